The van der Waals surface area contributed by atoms with Gasteiger partial charge in [0.15, 0.2) is 0 Å². The van der Waals surface area contributed by atoms with Crippen molar-refractivity contribution in [3.8, 4) is 5.75 Å². The molecule has 0 radical (unpaired) electrons. The van der Waals surface area contributed by atoms with Gasteiger partial charge in [0, 0.05) is 6.61 Å². The average molecular weight is 237 g/mol. The number of hydrogen-bond acceptors (Lipinski definition) is 4. The Hall–Kier alpha value is -1.00. The summed E-state index contributed by atoms with van der Waals surface area (Å²) >= 11 is 1.66. The van der Waals surface area contributed by atoms with Crippen LogP contribution in [0.4, 0.5) is 0 Å². The summed E-state index contributed by atoms with van der Waals surface area (Å²) in [6.45, 7) is 4.02. The SMILES string of the molecule is CCOC1CN=C(COc2ccccc2)S1. The molecule has 1 heterocycles. The molecule has 1 aromatic carbocycles. The Balaban J connectivity index is 1.76. The van der Waals surface area contributed by atoms with Gasteiger partial charge in [-0.25, -0.2) is 0 Å². The lowest BCUT2D eigenvalue weighted by Crippen LogP contribution is -2.10. The monoisotopic (exact) mass is 237 g/mol. The van der Waals surface area contributed by atoms with Crippen LogP contribution in [0.15, 0.2) is 35.3 Å². The van der Waals surface area contributed by atoms with Crippen molar-refractivity contribution in [2.24, 2.45) is 4.99 Å². The maximum atomic E-state index is 5.61. The van der Waals surface area contributed by atoms with Gasteiger partial charge in [0.1, 0.15) is 22.8 Å². The number of aliphatic imine (C=N–C) groups is 1. The van der Waals surface area contributed by atoms with Crippen molar-refractivity contribution in [3.63, 3.8) is 0 Å². The van der Waals surface area contributed by atoms with Crippen molar-refractivity contribution < 1.29 is 9.47 Å². The lowest BCUT2D eigenvalue weighted by molar-refractivity contribution is 0.133. The minimum Gasteiger partial charge on any atom is -0.487 e. The molecule has 1 aliphatic heterocycles. The molecule has 0 fully saturated rings. The van der Waals surface area contributed by atoms with E-state index in [-0.39, 0.29) is 5.44 Å². The van der Waals surface area contributed by atoms with E-state index in [1.54, 1.807) is 11.8 Å². The Bertz CT molecular complexity index is 353. The zero-order chi connectivity index (χ0) is 11.2. The Morgan fingerprint density at radius 2 is 2.19 bits per heavy atom. The smallest absolute Gasteiger partial charge is 0.136 e. The highest BCUT2D eigenvalue weighted by molar-refractivity contribution is 8.14. The molecule has 0 amide bonds. The molecule has 1 unspecified atom stereocenters. The predicted octanol–water partition coefficient (Wildman–Crippen LogP) is 2.57. The molecule has 4 heteroatoms. The van der Waals surface area contributed by atoms with Crippen LogP contribution in [0.25, 0.3) is 0 Å². The number of hydrogen-bond donors (Lipinski definition) is 0. The molecule has 86 valence electrons. The van der Waals surface area contributed by atoms with Gasteiger partial charge in [-0.2, -0.15) is 0 Å². The molecule has 0 saturated carbocycles. The largest absolute Gasteiger partial charge is 0.487 e. The van der Waals surface area contributed by atoms with Crippen molar-refractivity contribution in [2.75, 3.05) is 19.8 Å². The Kier molecular flexibility index (Phi) is 4.25. The summed E-state index contributed by atoms with van der Waals surface area (Å²) in [5.41, 5.74) is 0.180. The molecular formula is C12H15NO2S. The normalized spacial score (nSPS) is 19.6. The third-order valence-corrected chi connectivity index (χ3v) is 3.21. The van der Waals surface area contributed by atoms with Crippen LogP contribution in [0.1, 0.15) is 6.92 Å². The first kappa shape index (κ1) is 11.5. The molecule has 2 rings (SSSR count). The molecule has 1 aromatic rings. The second kappa shape index (κ2) is 5.92. The zero-order valence-electron chi connectivity index (χ0n) is 9.26. The highest BCUT2D eigenvalue weighted by Crippen LogP contribution is 2.22. The molecule has 16 heavy (non-hydrogen) atoms. The highest BCUT2D eigenvalue weighted by Gasteiger charge is 2.19. The maximum Gasteiger partial charge on any atom is 0.136 e. The van der Waals surface area contributed by atoms with Crippen molar-refractivity contribution in [3.05, 3.63) is 30.3 Å². The first-order chi connectivity index (χ1) is 7.88. The standard InChI is InChI=1S/C12H15NO2S/c1-2-14-12-8-13-11(16-12)9-15-10-6-4-3-5-7-10/h3-7,12H,2,8-9H2,1H3. The Morgan fingerprint density at radius 1 is 1.38 bits per heavy atom. The summed E-state index contributed by atoms with van der Waals surface area (Å²) in [6, 6.07) is 9.78. The quantitative estimate of drug-likeness (QED) is 0.788. The first-order valence-corrected chi connectivity index (χ1v) is 6.26. The summed E-state index contributed by atoms with van der Waals surface area (Å²) in [4.78, 5) is 4.38. The van der Waals surface area contributed by atoms with Crippen LogP contribution in [-0.4, -0.2) is 30.2 Å². The minimum absolute atomic E-state index is 0.180. The van der Waals surface area contributed by atoms with Gasteiger partial charge in [-0.15, -0.1) is 0 Å². The topological polar surface area (TPSA) is 30.8 Å². The minimum atomic E-state index is 0.180. The first-order valence-electron chi connectivity index (χ1n) is 5.38. The van der Waals surface area contributed by atoms with E-state index in [0.717, 1.165) is 23.9 Å². The van der Waals surface area contributed by atoms with E-state index >= 15 is 0 Å². The second-order valence-electron chi connectivity index (χ2n) is 3.34. The van der Waals surface area contributed by atoms with Gasteiger partial charge in [0.05, 0.1) is 6.54 Å². The summed E-state index contributed by atoms with van der Waals surface area (Å²) < 4.78 is 11.1. The lowest BCUT2D eigenvalue weighted by Gasteiger charge is -2.08. The van der Waals surface area contributed by atoms with Crippen LogP contribution < -0.4 is 4.74 Å². The summed E-state index contributed by atoms with van der Waals surface area (Å²) in [6.07, 6.45) is 0. The molecule has 0 bridgehead atoms. The number of para-hydroxylation sites is 1. The van der Waals surface area contributed by atoms with Gasteiger partial charge >= 0.3 is 0 Å². The zero-order valence-corrected chi connectivity index (χ0v) is 10.1. The fourth-order valence-electron chi connectivity index (χ4n) is 1.42. The molecule has 1 aliphatic rings. The summed E-state index contributed by atoms with van der Waals surface area (Å²) in [5, 5.41) is 1.02. The van der Waals surface area contributed by atoms with Gasteiger partial charge in [-0.05, 0) is 19.1 Å². The molecule has 1 atom stereocenters. The van der Waals surface area contributed by atoms with Crippen LogP contribution in [-0.2, 0) is 4.74 Å². The van der Waals surface area contributed by atoms with Gasteiger partial charge in [0.2, 0.25) is 0 Å². The van der Waals surface area contributed by atoms with E-state index in [2.05, 4.69) is 4.99 Å². The maximum absolute atomic E-state index is 5.61. The Morgan fingerprint density at radius 3 is 2.94 bits per heavy atom. The summed E-state index contributed by atoms with van der Waals surface area (Å²) in [5.74, 6) is 0.880. The molecule has 0 aliphatic carbocycles. The van der Waals surface area contributed by atoms with Gasteiger partial charge in [-0.1, -0.05) is 30.0 Å². The van der Waals surface area contributed by atoms with E-state index in [4.69, 9.17) is 9.47 Å². The third kappa shape index (κ3) is 3.25. The van der Waals surface area contributed by atoms with Gasteiger partial charge < -0.3 is 9.47 Å². The molecule has 0 spiro atoms. The second-order valence-corrected chi connectivity index (χ2v) is 4.57. The average Bonchev–Trinajstić information content (AvgIpc) is 2.76. The van der Waals surface area contributed by atoms with Crippen LogP contribution >= 0.6 is 11.8 Å². The number of thioether (sulfide) groups is 1. The number of benzene rings is 1. The third-order valence-electron chi connectivity index (χ3n) is 2.14. The summed E-state index contributed by atoms with van der Waals surface area (Å²) in [7, 11) is 0. The Labute approximate surface area is 99.9 Å². The van der Waals surface area contributed by atoms with Crippen molar-refractivity contribution >= 4 is 16.8 Å². The van der Waals surface area contributed by atoms with E-state index in [1.807, 2.05) is 37.3 Å². The molecular weight excluding hydrogens is 222 g/mol. The van der Waals surface area contributed by atoms with Crippen LogP contribution in [0.5, 0.6) is 5.75 Å². The highest BCUT2D eigenvalue weighted by atomic mass is 32.2. The number of ether oxygens (including phenoxy) is 2. The van der Waals surface area contributed by atoms with Gasteiger partial charge in [0.25, 0.3) is 0 Å². The lowest BCUT2D eigenvalue weighted by atomic mass is 10.3. The van der Waals surface area contributed by atoms with E-state index < -0.39 is 0 Å². The van der Waals surface area contributed by atoms with Crippen molar-refractivity contribution in [2.45, 2.75) is 12.4 Å². The van der Waals surface area contributed by atoms with Crippen molar-refractivity contribution in [1.82, 2.24) is 0 Å². The van der Waals surface area contributed by atoms with E-state index in [1.165, 1.54) is 0 Å². The van der Waals surface area contributed by atoms with Crippen LogP contribution in [0.3, 0.4) is 0 Å². The van der Waals surface area contributed by atoms with Gasteiger partial charge in [-0.3, -0.25) is 4.99 Å². The fourth-order valence-corrected chi connectivity index (χ4v) is 2.35. The number of nitrogens with zero attached hydrogens (tertiary/aromatic N) is 1. The van der Waals surface area contributed by atoms with Crippen LogP contribution in [0.2, 0.25) is 0 Å². The van der Waals surface area contributed by atoms with Crippen molar-refractivity contribution in [1.29, 1.82) is 0 Å². The van der Waals surface area contributed by atoms with E-state index in [0.29, 0.717) is 6.61 Å². The number of rotatable bonds is 5. The molecule has 0 aromatic heterocycles. The molecule has 0 N–H and O–H groups in total. The molecule has 3 nitrogen and oxygen atoms in total. The molecule has 0 saturated heterocycles. The van der Waals surface area contributed by atoms with E-state index in [9.17, 15) is 0 Å². The van der Waals surface area contributed by atoms with Crippen LogP contribution in [0, 0.1) is 0 Å². The predicted molar refractivity (Wildman–Crippen MR) is 67.2 cm³/mol. The fraction of sp³-hybridized carbons (Fsp3) is 0.417.